The van der Waals surface area contributed by atoms with Gasteiger partial charge in [0, 0.05) is 0 Å². The summed E-state index contributed by atoms with van der Waals surface area (Å²) in [6.07, 6.45) is -2.77. The van der Waals surface area contributed by atoms with Crippen molar-refractivity contribution in [2.45, 2.75) is 32.3 Å². The largest absolute Gasteiger partial charge is 0.479 e. The number of nitrogens with one attached hydrogen (secondary N) is 1. The molecular weight excluding hydrogens is 451 g/mol. The van der Waals surface area contributed by atoms with E-state index >= 15 is 0 Å². The van der Waals surface area contributed by atoms with Gasteiger partial charge in [-0.1, -0.05) is 56.3 Å². The summed E-state index contributed by atoms with van der Waals surface area (Å²) in [5, 5.41) is 11.9. The minimum absolute atomic E-state index is 0.0356. The average molecular weight is 478 g/mol. The topological polar surface area (TPSA) is 187 Å². The molecule has 0 aliphatic rings. The maximum atomic E-state index is 13.0. The van der Waals surface area contributed by atoms with Crippen LogP contribution in [0.25, 0.3) is 0 Å². The van der Waals surface area contributed by atoms with Crippen molar-refractivity contribution in [1.82, 2.24) is 5.32 Å². The standard InChI is InChI=1S/C21H27N4O7P/c1-13(2)18(25-21(28)31-12-14-7-4-3-5-8-14)33(29,30)32-17(19(26)27)15-9-6-10-16(11-15)24-20(22)23/h3-11,13,17-18H,12H2,1-2H3,(H,25,28)(H,26,27)(H,29,30)(H4,22,23,24)/t17-,18+/m0/s1. The number of nitrogens with two attached hydrogens (primary N) is 2. The number of aliphatic imine (C=N–C) groups is 1. The molecule has 0 spiro atoms. The molecule has 0 aliphatic heterocycles. The van der Waals surface area contributed by atoms with E-state index in [9.17, 15) is 24.2 Å². The third-order valence-electron chi connectivity index (χ3n) is 4.37. The molecule has 178 valence electrons. The van der Waals surface area contributed by atoms with Gasteiger partial charge in [0.25, 0.3) is 0 Å². The van der Waals surface area contributed by atoms with Crippen LogP contribution < -0.4 is 16.8 Å². The van der Waals surface area contributed by atoms with Crippen molar-refractivity contribution in [3.05, 3.63) is 65.7 Å². The quantitative estimate of drug-likeness (QED) is 0.194. The van der Waals surface area contributed by atoms with Crippen LogP contribution in [0.4, 0.5) is 10.5 Å². The predicted molar refractivity (Wildman–Crippen MR) is 122 cm³/mol. The summed E-state index contributed by atoms with van der Waals surface area (Å²) in [7, 11) is -4.70. The zero-order valence-corrected chi connectivity index (χ0v) is 19.0. The number of amides is 1. The number of aliphatic carboxylic acids is 1. The summed E-state index contributed by atoms with van der Waals surface area (Å²) in [6.45, 7) is 3.09. The highest BCUT2D eigenvalue weighted by atomic mass is 31.2. The molecule has 0 bridgehead atoms. The van der Waals surface area contributed by atoms with Gasteiger partial charge in [0.2, 0.25) is 0 Å². The fraction of sp³-hybridized carbons (Fsp3) is 0.286. The summed E-state index contributed by atoms with van der Waals surface area (Å²) >= 11 is 0. The van der Waals surface area contributed by atoms with Crippen molar-refractivity contribution in [1.29, 1.82) is 0 Å². The van der Waals surface area contributed by atoms with E-state index in [1.165, 1.54) is 24.3 Å². The number of guanidine groups is 1. The monoisotopic (exact) mass is 478 g/mol. The predicted octanol–water partition coefficient (Wildman–Crippen LogP) is 2.83. The summed E-state index contributed by atoms with van der Waals surface area (Å²) < 4.78 is 23.3. The lowest BCUT2D eigenvalue weighted by atomic mass is 10.1. The Labute approximate surface area is 190 Å². The van der Waals surface area contributed by atoms with E-state index in [0.717, 1.165) is 5.56 Å². The Morgan fingerprint density at radius 2 is 1.79 bits per heavy atom. The van der Waals surface area contributed by atoms with Gasteiger partial charge >= 0.3 is 19.7 Å². The summed E-state index contributed by atoms with van der Waals surface area (Å²) in [6, 6.07) is 14.5. The third-order valence-corrected chi connectivity index (χ3v) is 6.31. The van der Waals surface area contributed by atoms with Gasteiger partial charge in [-0.15, -0.1) is 0 Å². The van der Waals surface area contributed by atoms with Crippen LogP contribution in [0, 0.1) is 5.92 Å². The molecule has 0 saturated heterocycles. The first kappa shape index (κ1) is 25.9. The molecule has 3 atom stereocenters. The van der Waals surface area contributed by atoms with Gasteiger partial charge in [0.05, 0.1) is 5.69 Å². The van der Waals surface area contributed by atoms with Crippen LogP contribution in [0.1, 0.15) is 31.1 Å². The first-order valence-corrected chi connectivity index (χ1v) is 11.5. The Bertz CT molecular complexity index is 1040. The number of nitrogens with zero attached hydrogens (tertiary/aromatic N) is 1. The Hall–Kier alpha value is -3.40. The number of hydrogen-bond acceptors (Lipinski definition) is 6. The average Bonchev–Trinajstić information content (AvgIpc) is 2.74. The number of carbonyl (C=O) groups excluding carboxylic acids is 1. The van der Waals surface area contributed by atoms with E-state index < -0.39 is 37.5 Å². The van der Waals surface area contributed by atoms with Crippen LogP contribution in [-0.2, 0) is 25.2 Å². The van der Waals surface area contributed by atoms with Crippen molar-refractivity contribution >= 4 is 31.3 Å². The molecular formula is C21H27N4O7P. The number of ether oxygens (including phenoxy) is 1. The molecule has 0 heterocycles. The molecule has 2 aromatic rings. The number of benzene rings is 2. The first-order chi connectivity index (χ1) is 15.5. The summed E-state index contributed by atoms with van der Waals surface area (Å²) in [5.74, 6) is -3.78. The lowest BCUT2D eigenvalue weighted by Crippen LogP contribution is -2.39. The van der Waals surface area contributed by atoms with Crippen LogP contribution >= 0.6 is 7.60 Å². The molecule has 0 aliphatic carbocycles. The van der Waals surface area contributed by atoms with Crippen LogP contribution in [0.3, 0.4) is 0 Å². The minimum Gasteiger partial charge on any atom is -0.479 e. The van der Waals surface area contributed by atoms with Gasteiger partial charge in [-0.2, -0.15) is 0 Å². The Morgan fingerprint density at radius 3 is 2.36 bits per heavy atom. The maximum Gasteiger partial charge on any atom is 0.408 e. The van der Waals surface area contributed by atoms with Gasteiger partial charge in [0.15, 0.2) is 12.1 Å². The third kappa shape index (κ3) is 7.90. The van der Waals surface area contributed by atoms with E-state index in [1.807, 2.05) is 6.07 Å². The highest BCUT2D eigenvalue weighted by Crippen LogP contribution is 2.53. The number of alkyl carbamates (subject to hydrolysis) is 1. The van der Waals surface area contributed by atoms with E-state index in [0.29, 0.717) is 0 Å². The van der Waals surface area contributed by atoms with E-state index in [1.54, 1.807) is 38.1 Å². The lowest BCUT2D eigenvalue weighted by molar-refractivity contribution is -0.145. The molecule has 1 amide bonds. The smallest absolute Gasteiger partial charge is 0.408 e. The van der Waals surface area contributed by atoms with Crippen molar-refractivity contribution in [3.8, 4) is 0 Å². The number of carbonyl (C=O) groups is 2. The highest BCUT2D eigenvalue weighted by Gasteiger charge is 2.41. The first-order valence-electron chi connectivity index (χ1n) is 9.90. The Balaban J connectivity index is 2.18. The lowest BCUT2D eigenvalue weighted by Gasteiger charge is -2.28. The van der Waals surface area contributed by atoms with Crippen LogP contribution in [0.2, 0.25) is 0 Å². The molecule has 1 unspecified atom stereocenters. The van der Waals surface area contributed by atoms with Crippen LogP contribution in [-0.4, -0.2) is 33.8 Å². The molecule has 2 rings (SSSR count). The molecule has 0 fully saturated rings. The second-order valence-electron chi connectivity index (χ2n) is 7.41. The SMILES string of the molecule is CC(C)[C@H](NC(=O)OCc1ccccc1)P(=O)(O)O[C@H](C(=O)O)c1cccc(N=C(N)N)c1. The Kier molecular flexibility index (Phi) is 8.98. The summed E-state index contributed by atoms with van der Waals surface area (Å²) in [4.78, 5) is 38.5. The van der Waals surface area contributed by atoms with E-state index in [4.69, 9.17) is 20.7 Å². The number of hydrogen-bond donors (Lipinski definition) is 5. The van der Waals surface area contributed by atoms with E-state index in [2.05, 4.69) is 10.3 Å². The second-order valence-corrected chi connectivity index (χ2v) is 9.31. The zero-order valence-electron chi connectivity index (χ0n) is 18.1. The molecule has 11 nitrogen and oxygen atoms in total. The molecule has 0 saturated carbocycles. The normalized spacial score (nSPS) is 14.5. The second kappa shape index (κ2) is 11.5. The summed E-state index contributed by atoms with van der Waals surface area (Å²) in [5.41, 5.74) is 11.7. The molecule has 12 heteroatoms. The van der Waals surface area contributed by atoms with Gasteiger partial charge in [-0.25, -0.2) is 14.6 Å². The van der Waals surface area contributed by atoms with Gasteiger partial charge in [-0.3, -0.25) is 9.09 Å². The van der Waals surface area contributed by atoms with Crippen LogP contribution in [0.15, 0.2) is 59.6 Å². The van der Waals surface area contributed by atoms with Crippen molar-refractivity contribution in [3.63, 3.8) is 0 Å². The number of carboxylic acid groups (broad SMARTS) is 1. The molecule has 0 radical (unpaired) electrons. The number of rotatable bonds is 10. The molecule has 2 aromatic carbocycles. The highest BCUT2D eigenvalue weighted by molar-refractivity contribution is 7.53. The van der Waals surface area contributed by atoms with Gasteiger partial charge < -0.3 is 31.5 Å². The fourth-order valence-electron chi connectivity index (χ4n) is 2.88. The van der Waals surface area contributed by atoms with Crippen molar-refractivity contribution in [2.75, 3.05) is 0 Å². The van der Waals surface area contributed by atoms with E-state index in [-0.39, 0.29) is 23.8 Å². The molecule has 7 N–H and O–H groups in total. The maximum absolute atomic E-state index is 13.0. The molecule has 0 aromatic heterocycles. The van der Waals surface area contributed by atoms with Gasteiger partial charge in [0.1, 0.15) is 12.4 Å². The van der Waals surface area contributed by atoms with Crippen LogP contribution in [0.5, 0.6) is 0 Å². The fourth-order valence-corrected chi connectivity index (χ4v) is 4.55. The number of carboxylic acids is 1. The zero-order chi connectivity index (χ0) is 24.6. The Morgan fingerprint density at radius 1 is 1.12 bits per heavy atom. The van der Waals surface area contributed by atoms with Crippen molar-refractivity contribution in [2.24, 2.45) is 22.4 Å². The minimum atomic E-state index is -4.70. The van der Waals surface area contributed by atoms with Crippen molar-refractivity contribution < 1.29 is 33.4 Å². The molecule has 33 heavy (non-hydrogen) atoms. The van der Waals surface area contributed by atoms with Gasteiger partial charge in [-0.05, 0) is 29.2 Å².